The number of hydrogen-bond donors (Lipinski definition) is 0. The Morgan fingerprint density at radius 2 is 1.60 bits per heavy atom. The van der Waals surface area contributed by atoms with Crippen molar-refractivity contribution in [3.63, 3.8) is 0 Å². The minimum atomic E-state index is -0.393. The number of carbonyl (C=O) groups excluding carboxylic acids is 1. The SMILES string of the molecule is COC(=O)c1c(C)c(C)c(C(C)(C)C)c(OC)c1O[SiH3]. The quantitative estimate of drug-likeness (QED) is 0.632. The summed E-state index contributed by atoms with van der Waals surface area (Å²) in [5.74, 6) is 0.741. The maximum absolute atomic E-state index is 12.1. The van der Waals surface area contributed by atoms with Gasteiger partial charge in [0.2, 0.25) is 10.5 Å². The largest absolute Gasteiger partial charge is 0.550 e. The summed E-state index contributed by atoms with van der Waals surface area (Å²) in [4.78, 5) is 12.1. The van der Waals surface area contributed by atoms with E-state index >= 15 is 0 Å². The molecule has 0 bridgehead atoms. The molecule has 1 aromatic rings. The van der Waals surface area contributed by atoms with Crippen LogP contribution < -0.4 is 9.16 Å². The first-order chi connectivity index (χ1) is 9.20. The summed E-state index contributed by atoms with van der Waals surface area (Å²) in [6.45, 7) is 10.3. The van der Waals surface area contributed by atoms with E-state index in [1.807, 2.05) is 13.8 Å². The summed E-state index contributed by atoms with van der Waals surface area (Å²) < 4.78 is 16.0. The molecule has 0 radical (unpaired) electrons. The van der Waals surface area contributed by atoms with Crippen LogP contribution >= 0.6 is 0 Å². The maximum atomic E-state index is 12.1. The number of rotatable bonds is 3. The zero-order chi connectivity index (χ0) is 15.7. The van der Waals surface area contributed by atoms with Crippen molar-refractivity contribution in [2.45, 2.75) is 40.0 Å². The first-order valence-corrected chi connectivity index (χ1v) is 7.36. The number of methoxy groups -OCH3 is 2. The van der Waals surface area contributed by atoms with Crippen LogP contribution in [0.2, 0.25) is 0 Å². The third kappa shape index (κ3) is 2.68. The van der Waals surface area contributed by atoms with Crippen molar-refractivity contribution in [3.8, 4) is 11.5 Å². The third-order valence-electron chi connectivity index (χ3n) is 3.52. The topological polar surface area (TPSA) is 44.8 Å². The molecule has 0 unspecified atom stereocenters. The summed E-state index contributed by atoms with van der Waals surface area (Å²) in [6, 6.07) is 0. The van der Waals surface area contributed by atoms with Crippen LogP contribution in [-0.2, 0) is 10.2 Å². The van der Waals surface area contributed by atoms with Crippen LogP contribution in [0.3, 0.4) is 0 Å². The Morgan fingerprint density at radius 3 is 1.95 bits per heavy atom. The van der Waals surface area contributed by atoms with Crippen LogP contribution in [0.25, 0.3) is 0 Å². The normalized spacial score (nSPS) is 11.3. The van der Waals surface area contributed by atoms with E-state index in [-0.39, 0.29) is 5.41 Å². The van der Waals surface area contributed by atoms with Gasteiger partial charge in [-0.25, -0.2) is 4.79 Å². The van der Waals surface area contributed by atoms with Gasteiger partial charge in [0.25, 0.3) is 0 Å². The zero-order valence-corrected chi connectivity index (χ0v) is 15.6. The molecule has 0 aliphatic heterocycles. The van der Waals surface area contributed by atoms with Gasteiger partial charge in [0.1, 0.15) is 5.56 Å². The van der Waals surface area contributed by atoms with E-state index in [9.17, 15) is 4.79 Å². The molecule has 0 heterocycles. The first kappa shape index (κ1) is 16.6. The van der Waals surface area contributed by atoms with Gasteiger partial charge in [-0.3, -0.25) is 0 Å². The number of ether oxygens (including phenoxy) is 2. The van der Waals surface area contributed by atoms with Gasteiger partial charge in [-0.2, -0.15) is 0 Å². The summed E-state index contributed by atoms with van der Waals surface area (Å²) in [5, 5.41) is 0. The highest BCUT2D eigenvalue weighted by Crippen LogP contribution is 2.45. The molecule has 112 valence electrons. The molecular formula is C15H24O4Si. The van der Waals surface area contributed by atoms with Crippen LogP contribution in [-0.4, -0.2) is 30.7 Å². The van der Waals surface area contributed by atoms with E-state index in [0.717, 1.165) is 16.7 Å². The van der Waals surface area contributed by atoms with Gasteiger partial charge in [0.05, 0.1) is 14.2 Å². The molecule has 0 saturated heterocycles. The van der Waals surface area contributed by atoms with E-state index in [0.29, 0.717) is 27.5 Å². The second-order valence-electron chi connectivity index (χ2n) is 5.81. The predicted molar refractivity (Wildman–Crippen MR) is 83.1 cm³/mol. The van der Waals surface area contributed by atoms with Gasteiger partial charge in [0, 0.05) is 5.56 Å². The molecular weight excluding hydrogens is 272 g/mol. The van der Waals surface area contributed by atoms with E-state index < -0.39 is 5.97 Å². The fraction of sp³-hybridized carbons (Fsp3) is 0.533. The van der Waals surface area contributed by atoms with Gasteiger partial charge in [-0.15, -0.1) is 0 Å². The molecule has 0 fully saturated rings. The molecule has 0 spiro atoms. The van der Waals surface area contributed by atoms with E-state index in [1.54, 1.807) is 7.11 Å². The van der Waals surface area contributed by atoms with Crippen molar-refractivity contribution in [2.24, 2.45) is 0 Å². The summed E-state index contributed by atoms with van der Waals surface area (Å²) in [6.07, 6.45) is 0. The lowest BCUT2D eigenvalue weighted by molar-refractivity contribution is 0.0597. The van der Waals surface area contributed by atoms with Crippen molar-refractivity contribution in [1.29, 1.82) is 0 Å². The monoisotopic (exact) mass is 296 g/mol. The molecule has 0 N–H and O–H groups in total. The Bertz CT molecular complexity index is 530. The lowest BCUT2D eigenvalue weighted by Gasteiger charge is -2.28. The van der Waals surface area contributed by atoms with Crippen molar-refractivity contribution < 1.29 is 18.7 Å². The summed E-state index contributed by atoms with van der Waals surface area (Å²) >= 11 is 0. The predicted octanol–water partition coefficient (Wildman–Crippen LogP) is 2.06. The fourth-order valence-electron chi connectivity index (χ4n) is 2.58. The number of benzene rings is 1. The number of hydrogen-bond acceptors (Lipinski definition) is 4. The lowest BCUT2D eigenvalue weighted by atomic mass is 9.80. The second kappa shape index (κ2) is 5.87. The Hall–Kier alpha value is -1.49. The molecule has 0 amide bonds. The molecule has 5 heteroatoms. The average molecular weight is 296 g/mol. The second-order valence-corrected chi connectivity index (χ2v) is 6.22. The van der Waals surface area contributed by atoms with Crippen LogP contribution in [0, 0.1) is 13.8 Å². The lowest BCUT2D eigenvalue weighted by Crippen LogP contribution is -2.19. The Morgan fingerprint density at radius 1 is 1.05 bits per heavy atom. The van der Waals surface area contributed by atoms with Crippen LogP contribution in [0.5, 0.6) is 11.5 Å². The van der Waals surface area contributed by atoms with E-state index in [1.165, 1.54) is 7.11 Å². The van der Waals surface area contributed by atoms with Gasteiger partial charge in [-0.1, -0.05) is 20.8 Å². The summed E-state index contributed by atoms with van der Waals surface area (Å²) in [5.41, 5.74) is 3.34. The van der Waals surface area contributed by atoms with Gasteiger partial charge in [0.15, 0.2) is 11.5 Å². The molecule has 0 aliphatic rings. The number of carbonyl (C=O) groups is 1. The fourth-order valence-corrected chi connectivity index (χ4v) is 2.97. The van der Waals surface area contributed by atoms with Crippen molar-refractivity contribution in [3.05, 3.63) is 22.3 Å². The van der Waals surface area contributed by atoms with Crippen LogP contribution in [0.15, 0.2) is 0 Å². The average Bonchev–Trinajstić information content (AvgIpc) is 2.38. The molecule has 0 saturated carbocycles. The molecule has 0 aliphatic carbocycles. The zero-order valence-electron chi connectivity index (χ0n) is 13.6. The third-order valence-corrected chi connectivity index (χ3v) is 3.93. The van der Waals surface area contributed by atoms with Gasteiger partial charge in [-0.05, 0) is 30.4 Å². The van der Waals surface area contributed by atoms with Crippen LogP contribution in [0.1, 0.15) is 47.8 Å². The van der Waals surface area contributed by atoms with Crippen molar-refractivity contribution in [2.75, 3.05) is 14.2 Å². The van der Waals surface area contributed by atoms with E-state index in [4.69, 9.17) is 13.9 Å². The molecule has 0 aromatic heterocycles. The standard InChI is InChI=1S/C15H24O4Si/c1-8-9(2)11(15(3,4)5)13(17-6)12(19-20)10(8)14(16)18-7/h1-7,20H3. The Kier molecular flexibility index (Phi) is 4.86. The molecule has 1 rings (SSSR count). The molecule has 1 aromatic carbocycles. The molecule has 20 heavy (non-hydrogen) atoms. The van der Waals surface area contributed by atoms with Crippen molar-refractivity contribution >= 4 is 16.5 Å². The summed E-state index contributed by atoms with van der Waals surface area (Å²) in [7, 11) is 3.44. The first-order valence-electron chi connectivity index (χ1n) is 6.54. The minimum Gasteiger partial charge on any atom is -0.550 e. The molecule has 0 atom stereocenters. The van der Waals surface area contributed by atoms with E-state index in [2.05, 4.69) is 20.8 Å². The van der Waals surface area contributed by atoms with Gasteiger partial charge >= 0.3 is 5.97 Å². The van der Waals surface area contributed by atoms with Gasteiger partial charge < -0.3 is 13.9 Å². The Labute approximate surface area is 124 Å². The van der Waals surface area contributed by atoms with Crippen molar-refractivity contribution in [1.82, 2.24) is 0 Å². The highest BCUT2D eigenvalue weighted by atomic mass is 28.2. The smallest absolute Gasteiger partial charge is 0.342 e. The van der Waals surface area contributed by atoms with Crippen LogP contribution in [0.4, 0.5) is 0 Å². The Balaban J connectivity index is 3.86. The number of esters is 1. The highest BCUT2D eigenvalue weighted by Gasteiger charge is 2.30. The molecule has 4 nitrogen and oxygen atoms in total. The maximum Gasteiger partial charge on any atom is 0.342 e. The minimum absolute atomic E-state index is 0.107. The highest BCUT2D eigenvalue weighted by molar-refractivity contribution is 6.03.